The molecule has 0 aliphatic heterocycles. The van der Waals surface area contributed by atoms with Gasteiger partial charge in [-0.1, -0.05) is 13.0 Å². The summed E-state index contributed by atoms with van der Waals surface area (Å²) in [7, 11) is 0. The third-order valence-electron chi connectivity index (χ3n) is 2.85. The Morgan fingerprint density at radius 1 is 1.30 bits per heavy atom. The number of hydrogen-bond donors (Lipinski definition) is 1. The fraction of sp³-hybridized carbons (Fsp3) is 0.500. The maximum Gasteiger partial charge on any atom is 0.226 e. The Morgan fingerprint density at radius 2 is 2.10 bits per heavy atom. The van der Waals surface area contributed by atoms with Crippen LogP contribution in [0.1, 0.15) is 25.8 Å². The lowest BCUT2D eigenvalue weighted by Crippen LogP contribution is -2.27. The second-order valence-electron chi connectivity index (χ2n) is 4.53. The molecule has 1 aromatic heterocycles. The maximum absolute atomic E-state index is 11.7. The number of hydrogen-bond acceptors (Lipinski definition) is 4. The number of benzene rings is 1. The van der Waals surface area contributed by atoms with E-state index in [1.54, 1.807) is 4.80 Å². The lowest BCUT2D eigenvalue weighted by Gasteiger charge is -2.04. The van der Waals surface area contributed by atoms with Crippen LogP contribution in [0.4, 0.5) is 0 Å². The van der Waals surface area contributed by atoms with Crippen LogP contribution in [0.3, 0.4) is 0 Å². The van der Waals surface area contributed by atoms with Gasteiger partial charge >= 0.3 is 0 Å². The molecular weight excluding hydrogens is 256 g/mol. The SMILES string of the molecule is CCCn1nc2ccc(CC(=O)NCOCC)cc2n1. The Labute approximate surface area is 118 Å². The highest BCUT2D eigenvalue weighted by molar-refractivity contribution is 5.81. The van der Waals surface area contributed by atoms with Gasteiger partial charge in [0.25, 0.3) is 0 Å². The molecule has 0 aliphatic carbocycles. The van der Waals surface area contributed by atoms with Crippen LogP contribution >= 0.6 is 0 Å². The van der Waals surface area contributed by atoms with E-state index >= 15 is 0 Å². The Bertz CT molecular complexity index is 580. The third kappa shape index (κ3) is 3.77. The first-order valence-corrected chi connectivity index (χ1v) is 6.91. The molecule has 0 saturated heterocycles. The maximum atomic E-state index is 11.7. The first-order chi connectivity index (χ1) is 9.72. The highest BCUT2D eigenvalue weighted by Crippen LogP contribution is 2.12. The van der Waals surface area contributed by atoms with Gasteiger partial charge < -0.3 is 10.1 Å². The van der Waals surface area contributed by atoms with E-state index in [1.165, 1.54) is 0 Å². The summed E-state index contributed by atoms with van der Waals surface area (Å²) < 4.78 is 5.08. The standard InChI is InChI=1S/C14H20N4O2/c1-3-7-18-16-12-6-5-11(8-13(12)17-18)9-14(19)15-10-20-4-2/h5-6,8H,3-4,7,9-10H2,1-2H3,(H,15,19). The van der Waals surface area contributed by atoms with Crippen molar-refractivity contribution in [1.29, 1.82) is 0 Å². The number of aromatic nitrogens is 3. The normalized spacial score (nSPS) is 10.9. The molecule has 1 heterocycles. The molecule has 0 fully saturated rings. The molecule has 108 valence electrons. The van der Waals surface area contributed by atoms with Crippen LogP contribution in [0.5, 0.6) is 0 Å². The average molecular weight is 276 g/mol. The van der Waals surface area contributed by atoms with Crippen LogP contribution in [-0.4, -0.2) is 34.2 Å². The molecule has 2 aromatic rings. The summed E-state index contributed by atoms with van der Waals surface area (Å²) in [6, 6.07) is 5.72. The van der Waals surface area contributed by atoms with Crippen LogP contribution in [0.25, 0.3) is 11.0 Å². The van der Waals surface area contributed by atoms with Crippen LogP contribution in [0.2, 0.25) is 0 Å². The largest absolute Gasteiger partial charge is 0.362 e. The molecule has 0 radical (unpaired) electrons. The molecule has 0 spiro atoms. The fourth-order valence-corrected chi connectivity index (χ4v) is 1.90. The van der Waals surface area contributed by atoms with Gasteiger partial charge in [-0.25, -0.2) is 0 Å². The minimum atomic E-state index is -0.0567. The Morgan fingerprint density at radius 3 is 2.85 bits per heavy atom. The summed E-state index contributed by atoms with van der Waals surface area (Å²) in [5.41, 5.74) is 2.61. The third-order valence-corrected chi connectivity index (χ3v) is 2.85. The monoisotopic (exact) mass is 276 g/mol. The highest BCUT2D eigenvalue weighted by atomic mass is 16.5. The van der Waals surface area contributed by atoms with E-state index in [9.17, 15) is 4.79 Å². The number of rotatable bonds is 7. The first kappa shape index (κ1) is 14.5. The average Bonchev–Trinajstić information content (AvgIpc) is 2.81. The zero-order valence-corrected chi connectivity index (χ0v) is 11.9. The van der Waals surface area contributed by atoms with E-state index in [2.05, 4.69) is 22.4 Å². The molecule has 0 atom stereocenters. The molecule has 0 aliphatic rings. The molecule has 0 bridgehead atoms. The number of carbonyl (C=O) groups is 1. The van der Waals surface area contributed by atoms with E-state index < -0.39 is 0 Å². The molecule has 0 unspecified atom stereocenters. The van der Waals surface area contributed by atoms with Gasteiger partial charge in [-0.3, -0.25) is 4.79 Å². The molecular formula is C14H20N4O2. The molecule has 6 heteroatoms. The van der Waals surface area contributed by atoms with Gasteiger partial charge in [-0.15, -0.1) is 0 Å². The molecule has 1 amide bonds. The molecule has 2 rings (SSSR count). The van der Waals surface area contributed by atoms with Crippen molar-refractivity contribution in [3.05, 3.63) is 23.8 Å². The van der Waals surface area contributed by atoms with Crippen LogP contribution < -0.4 is 5.32 Å². The Kier molecular flexibility index (Phi) is 5.06. The second-order valence-corrected chi connectivity index (χ2v) is 4.53. The van der Waals surface area contributed by atoms with Crippen molar-refractivity contribution in [3.8, 4) is 0 Å². The zero-order valence-electron chi connectivity index (χ0n) is 11.9. The lowest BCUT2D eigenvalue weighted by molar-refractivity contribution is -0.122. The zero-order chi connectivity index (χ0) is 14.4. The lowest BCUT2D eigenvalue weighted by atomic mass is 10.1. The van der Waals surface area contributed by atoms with Gasteiger partial charge in [0.05, 0.1) is 13.0 Å². The van der Waals surface area contributed by atoms with Crippen molar-refractivity contribution < 1.29 is 9.53 Å². The Hall–Kier alpha value is -1.95. The number of nitrogens with zero attached hydrogens (tertiary/aromatic N) is 3. The summed E-state index contributed by atoms with van der Waals surface area (Å²) in [6.45, 7) is 5.62. The van der Waals surface area contributed by atoms with Gasteiger partial charge in [-0.05, 0) is 31.0 Å². The van der Waals surface area contributed by atoms with Gasteiger partial charge in [0.1, 0.15) is 17.8 Å². The fourth-order valence-electron chi connectivity index (χ4n) is 1.90. The van der Waals surface area contributed by atoms with Gasteiger partial charge in [-0.2, -0.15) is 15.0 Å². The molecule has 20 heavy (non-hydrogen) atoms. The van der Waals surface area contributed by atoms with Crippen molar-refractivity contribution in [2.24, 2.45) is 0 Å². The summed E-state index contributed by atoms with van der Waals surface area (Å²) >= 11 is 0. The number of nitrogens with one attached hydrogen (secondary N) is 1. The Balaban J connectivity index is 2.01. The number of fused-ring (bicyclic) bond motifs is 1. The number of amides is 1. The number of carbonyl (C=O) groups excluding carboxylic acids is 1. The first-order valence-electron chi connectivity index (χ1n) is 6.91. The van der Waals surface area contributed by atoms with Crippen molar-refractivity contribution in [1.82, 2.24) is 20.3 Å². The second kappa shape index (κ2) is 7.00. The van der Waals surface area contributed by atoms with E-state index in [0.29, 0.717) is 13.0 Å². The highest BCUT2D eigenvalue weighted by Gasteiger charge is 2.07. The number of aryl methyl sites for hydroxylation is 1. The predicted molar refractivity (Wildman–Crippen MR) is 76.2 cm³/mol. The van der Waals surface area contributed by atoms with Crippen LogP contribution in [0, 0.1) is 0 Å². The van der Waals surface area contributed by atoms with Gasteiger partial charge in [0.15, 0.2) is 0 Å². The van der Waals surface area contributed by atoms with E-state index in [0.717, 1.165) is 29.6 Å². The van der Waals surface area contributed by atoms with E-state index in [4.69, 9.17) is 4.74 Å². The van der Waals surface area contributed by atoms with Crippen molar-refractivity contribution in [2.45, 2.75) is 33.2 Å². The topological polar surface area (TPSA) is 69.0 Å². The van der Waals surface area contributed by atoms with E-state index in [1.807, 2.05) is 25.1 Å². The molecule has 0 saturated carbocycles. The quantitative estimate of drug-likeness (QED) is 0.614. The summed E-state index contributed by atoms with van der Waals surface area (Å²) in [5.74, 6) is -0.0567. The minimum absolute atomic E-state index is 0.0567. The van der Waals surface area contributed by atoms with Crippen LogP contribution in [0.15, 0.2) is 18.2 Å². The summed E-state index contributed by atoms with van der Waals surface area (Å²) in [5, 5.41) is 11.5. The molecule has 1 aromatic carbocycles. The smallest absolute Gasteiger partial charge is 0.226 e. The van der Waals surface area contributed by atoms with Crippen LogP contribution in [-0.2, 0) is 22.5 Å². The summed E-state index contributed by atoms with van der Waals surface area (Å²) in [6.07, 6.45) is 1.32. The van der Waals surface area contributed by atoms with Gasteiger partial charge in [0.2, 0.25) is 5.91 Å². The van der Waals surface area contributed by atoms with Crippen molar-refractivity contribution in [3.63, 3.8) is 0 Å². The van der Waals surface area contributed by atoms with E-state index in [-0.39, 0.29) is 12.6 Å². The molecule has 1 N–H and O–H groups in total. The molecule has 6 nitrogen and oxygen atoms in total. The minimum Gasteiger partial charge on any atom is -0.362 e. The number of ether oxygens (including phenoxy) is 1. The predicted octanol–water partition coefficient (Wildman–Crippen LogP) is 1.49. The van der Waals surface area contributed by atoms with Crippen molar-refractivity contribution in [2.75, 3.05) is 13.3 Å². The summed E-state index contributed by atoms with van der Waals surface area (Å²) in [4.78, 5) is 13.4. The van der Waals surface area contributed by atoms with Gasteiger partial charge in [0, 0.05) is 6.61 Å². The van der Waals surface area contributed by atoms with Crippen molar-refractivity contribution >= 4 is 16.9 Å².